The maximum absolute atomic E-state index is 5.48. The van der Waals surface area contributed by atoms with Crippen molar-refractivity contribution in [3.63, 3.8) is 0 Å². The highest BCUT2D eigenvalue weighted by Crippen LogP contribution is 2.44. The zero-order chi connectivity index (χ0) is 60.9. The summed E-state index contributed by atoms with van der Waals surface area (Å²) in [6.07, 6.45) is 0. The number of aromatic nitrogens is 11. The van der Waals surface area contributed by atoms with Crippen LogP contribution in [0.15, 0.2) is 309 Å². The van der Waals surface area contributed by atoms with Crippen molar-refractivity contribution < 1.29 is 0 Å². The SMILES string of the molecule is c1ccc(-c2nc(-c3ccccc3)nc(-c3ccc4c(c3)c3cc(-c5nc(-c6ccccc6)nc(-c6ccccc6)n5)ccc3n4-c3ccc(-c4cccc5c6ccccc6n(-c6ccccc6)c45)cc3-c3nc(-c4ccccc4)nc(-c4ccccc4)n3)n2)cc1. The third kappa shape index (κ3) is 9.70. The number of nitrogens with zero attached hydrogens (tertiary/aromatic N) is 11. The van der Waals surface area contributed by atoms with Crippen LogP contribution in [0.4, 0.5) is 0 Å². The van der Waals surface area contributed by atoms with Crippen molar-refractivity contribution >= 4 is 43.6 Å². The van der Waals surface area contributed by atoms with Crippen LogP contribution in [0, 0.1) is 0 Å². The topological polar surface area (TPSA) is 126 Å². The van der Waals surface area contributed by atoms with Gasteiger partial charge in [-0.15, -0.1) is 0 Å². The van der Waals surface area contributed by atoms with Gasteiger partial charge >= 0.3 is 0 Å². The second kappa shape index (κ2) is 22.8. The third-order valence-corrected chi connectivity index (χ3v) is 16.9. The molecule has 0 spiro atoms. The van der Waals surface area contributed by atoms with E-state index in [4.69, 9.17) is 44.9 Å². The maximum atomic E-state index is 5.48. The van der Waals surface area contributed by atoms with Gasteiger partial charge in [-0.2, -0.15) is 0 Å². The van der Waals surface area contributed by atoms with E-state index < -0.39 is 0 Å². The molecular weight excluding hydrogens is 1130 g/mol. The van der Waals surface area contributed by atoms with E-state index in [1.54, 1.807) is 0 Å². The number of benzene rings is 12. The Balaban J connectivity index is 0.951. The number of hydrogen-bond donors (Lipinski definition) is 0. The Morgan fingerprint density at radius 1 is 0.185 bits per heavy atom. The van der Waals surface area contributed by atoms with Crippen LogP contribution >= 0.6 is 0 Å². The maximum Gasteiger partial charge on any atom is 0.166 e. The molecule has 0 unspecified atom stereocenters. The fraction of sp³-hybridized carbons (Fsp3) is 0. The molecule has 5 heterocycles. The Kier molecular flexibility index (Phi) is 13.2. The lowest BCUT2D eigenvalue weighted by Gasteiger charge is -2.17. The highest BCUT2D eigenvalue weighted by molar-refractivity contribution is 6.15. The molecular formula is C81H51N11. The summed E-state index contributed by atoms with van der Waals surface area (Å²) in [5.74, 6) is 4.98. The van der Waals surface area contributed by atoms with Crippen molar-refractivity contribution in [1.29, 1.82) is 0 Å². The molecule has 11 heteroatoms. The molecule has 92 heavy (non-hydrogen) atoms. The van der Waals surface area contributed by atoms with Gasteiger partial charge in [-0.1, -0.05) is 243 Å². The highest BCUT2D eigenvalue weighted by Gasteiger charge is 2.25. The largest absolute Gasteiger partial charge is 0.309 e. The molecule has 12 aromatic carbocycles. The molecule has 0 aliphatic rings. The van der Waals surface area contributed by atoms with Crippen LogP contribution in [-0.4, -0.2) is 54.0 Å². The summed E-state index contributed by atoms with van der Waals surface area (Å²) >= 11 is 0. The van der Waals surface area contributed by atoms with Crippen LogP contribution in [0.3, 0.4) is 0 Å². The molecule has 0 aliphatic heterocycles. The fourth-order valence-corrected chi connectivity index (χ4v) is 12.5. The molecule has 0 radical (unpaired) electrons. The lowest BCUT2D eigenvalue weighted by molar-refractivity contribution is 1.06. The molecule has 17 rings (SSSR count). The molecule has 5 aromatic heterocycles. The van der Waals surface area contributed by atoms with Gasteiger partial charge in [-0.25, -0.2) is 44.9 Å². The monoisotopic (exact) mass is 1180 g/mol. The Morgan fingerprint density at radius 2 is 0.511 bits per heavy atom. The van der Waals surface area contributed by atoms with Crippen LogP contribution in [-0.2, 0) is 0 Å². The van der Waals surface area contributed by atoms with E-state index in [1.807, 2.05) is 182 Å². The van der Waals surface area contributed by atoms with Gasteiger partial charge in [0.1, 0.15) is 0 Å². The van der Waals surface area contributed by atoms with E-state index >= 15 is 0 Å². The standard InChI is InChI=1S/C81H51N11/c1-8-25-52(26-9-1)73-82-74(53-27-10-2-11-28-53)86-79(85-73)59-44-47-69-65(50-59)66-51-60(80-87-75(54-29-12-3-13-30-54)83-76(88-80)55-31-14-4-15-32-55)45-48-70(66)92(69)71-46-43-58(62-40-24-41-64-63-39-22-23-42-68(63)91(72(62)64)61-37-20-7-21-38-61)49-67(71)81-89-77(56-33-16-5-17-34-56)84-78(90-81)57-35-18-6-19-36-57/h1-51H. The first-order valence-corrected chi connectivity index (χ1v) is 30.5. The molecule has 430 valence electrons. The molecule has 0 fully saturated rings. The van der Waals surface area contributed by atoms with Crippen molar-refractivity contribution in [3.8, 4) is 125 Å². The van der Waals surface area contributed by atoms with E-state index in [1.165, 1.54) is 5.39 Å². The lowest BCUT2D eigenvalue weighted by atomic mass is 9.98. The van der Waals surface area contributed by atoms with Gasteiger partial charge in [0.15, 0.2) is 52.4 Å². The molecule has 17 aromatic rings. The predicted octanol–water partition coefficient (Wildman–Crippen LogP) is 19.1. The molecule has 0 amide bonds. The summed E-state index contributed by atoms with van der Waals surface area (Å²) in [5, 5.41) is 4.21. The van der Waals surface area contributed by atoms with E-state index in [-0.39, 0.29) is 0 Å². The average molecular weight is 1180 g/mol. The number of fused-ring (bicyclic) bond motifs is 6. The third-order valence-electron chi connectivity index (χ3n) is 16.9. The van der Waals surface area contributed by atoms with Gasteiger partial charge < -0.3 is 9.13 Å². The van der Waals surface area contributed by atoms with Crippen molar-refractivity contribution in [2.24, 2.45) is 0 Å². The Morgan fingerprint density at radius 3 is 0.924 bits per heavy atom. The summed E-state index contributed by atoms with van der Waals surface area (Å²) in [6, 6.07) is 106. The molecule has 0 atom stereocenters. The van der Waals surface area contributed by atoms with Gasteiger partial charge in [0.2, 0.25) is 0 Å². The second-order valence-corrected chi connectivity index (χ2v) is 22.5. The van der Waals surface area contributed by atoms with E-state index in [0.717, 1.165) is 111 Å². The first-order chi connectivity index (χ1) is 45.6. The van der Waals surface area contributed by atoms with Crippen LogP contribution in [0.2, 0.25) is 0 Å². The quantitative estimate of drug-likeness (QED) is 0.118. The normalized spacial score (nSPS) is 11.5. The van der Waals surface area contributed by atoms with Crippen LogP contribution in [0.5, 0.6) is 0 Å². The lowest BCUT2D eigenvalue weighted by Crippen LogP contribution is -2.04. The summed E-state index contributed by atoms with van der Waals surface area (Å²) in [6.45, 7) is 0. The molecule has 0 saturated carbocycles. The highest BCUT2D eigenvalue weighted by atomic mass is 15.1. The molecule has 0 N–H and O–H groups in total. The number of para-hydroxylation sites is 3. The van der Waals surface area contributed by atoms with Crippen molar-refractivity contribution in [3.05, 3.63) is 309 Å². The average Bonchev–Trinajstić information content (AvgIpc) is 1.56. The summed E-state index contributed by atoms with van der Waals surface area (Å²) in [5.41, 5.74) is 15.7. The fourth-order valence-electron chi connectivity index (χ4n) is 12.5. The molecule has 0 bridgehead atoms. The van der Waals surface area contributed by atoms with Crippen molar-refractivity contribution in [2.75, 3.05) is 0 Å². The second-order valence-electron chi connectivity index (χ2n) is 22.5. The van der Waals surface area contributed by atoms with Crippen LogP contribution in [0.1, 0.15) is 0 Å². The number of rotatable bonds is 12. The van der Waals surface area contributed by atoms with Gasteiger partial charge in [-0.05, 0) is 72.3 Å². The van der Waals surface area contributed by atoms with E-state index in [0.29, 0.717) is 52.4 Å². The van der Waals surface area contributed by atoms with Gasteiger partial charge in [0.05, 0.1) is 27.8 Å². The Bertz CT molecular complexity index is 5250. The van der Waals surface area contributed by atoms with Gasteiger partial charge in [0, 0.05) is 82.9 Å². The zero-order valence-electron chi connectivity index (χ0n) is 49.4. The van der Waals surface area contributed by atoms with Gasteiger partial charge in [0.25, 0.3) is 0 Å². The minimum Gasteiger partial charge on any atom is -0.309 e. The van der Waals surface area contributed by atoms with E-state index in [2.05, 4.69) is 137 Å². The minimum atomic E-state index is 0.507. The molecule has 0 aliphatic carbocycles. The first kappa shape index (κ1) is 53.5. The molecule has 11 nitrogen and oxygen atoms in total. The van der Waals surface area contributed by atoms with Crippen LogP contribution < -0.4 is 0 Å². The first-order valence-electron chi connectivity index (χ1n) is 30.5. The zero-order valence-corrected chi connectivity index (χ0v) is 49.4. The summed E-state index contributed by atoms with van der Waals surface area (Å²) in [7, 11) is 0. The van der Waals surface area contributed by atoms with Crippen LogP contribution in [0.25, 0.3) is 169 Å². The number of hydrogen-bond acceptors (Lipinski definition) is 9. The van der Waals surface area contributed by atoms with E-state index in [9.17, 15) is 0 Å². The summed E-state index contributed by atoms with van der Waals surface area (Å²) < 4.78 is 4.72. The van der Waals surface area contributed by atoms with Crippen molar-refractivity contribution in [1.82, 2.24) is 54.0 Å². The molecule has 0 saturated heterocycles. The minimum absolute atomic E-state index is 0.507. The Labute approximate surface area is 529 Å². The Hall–Kier alpha value is -12.7. The summed E-state index contributed by atoms with van der Waals surface area (Å²) in [4.78, 5) is 47.2. The van der Waals surface area contributed by atoms with Gasteiger partial charge in [-0.3, -0.25) is 0 Å². The smallest absolute Gasteiger partial charge is 0.166 e. The predicted molar refractivity (Wildman–Crippen MR) is 370 cm³/mol. The van der Waals surface area contributed by atoms with Crippen molar-refractivity contribution in [2.45, 2.75) is 0 Å².